The van der Waals surface area contributed by atoms with Crippen LogP contribution in [-0.2, 0) is 11.8 Å². The third-order valence-electron chi connectivity index (χ3n) is 8.55. The van der Waals surface area contributed by atoms with Gasteiger partial charge in [0.1, 0.15) is 0 Å². The van der Waals surface area contributed by atoms with Crippen LogP contribution in [0.4, 0.5) is 0 Å². The van der Waals surface area contributed by atoms with Gasteiger partial charge in [-0.15, -0.1) is 0 Å². The number of halogens is 1. The van der Waals surface area contributed by atoms with Crippen LogP contribution in [0.15, 0.2) is 42.5 Å². The minimum absolute atomic E-state index is 0.435. The number of benzene rings is 2. The molecule has 31 heavy (non-hydrogen) atoms. The van der Waals surface area contributed by atoms with E-state index in [-0.39, 0.29) is 0 Å². The zero-order chi connectivity index (χ0) is 21.0. The Balaban J connectivity index is 1.45. The Hall–Kier alpha value is -1.77. The molecule has 2 aromatic carbocycles. The molecule has 1 aromatic heterocycles. The second-order valence-corrected chi connectivity index (χ2v) is 11.1. The minimum Gasteiger partial charge on any atom is -0.354 e. The summed E-state index contributed by atoms with van der Waals surface area (Å²) in [7, 11) is 0. The Labute approximate surface area is 190 Å². The molecular weight excluding hydrogens is 400 g/mol. The highest BCUT2D eigenvalue weighted by Crippen LogP contribution is 2.61. The van der Waals surface area contributed by atoms with Crippen molar-refractivity contribution in [2.24, 2.45) is 23.5 Å². The fourth-order valence-electron chi connectivity index (χ4n) is 7.64. The number of nitrogens with two attached hydrogens (primary N) is 1. The molecule has 0 spiro atoms. The van der Waals surface area contributed by atoms with Crippen LogP contribution in [-0.4, -0.2) is 11.5 Å². The summed E-state index contributed by atoms with van der Waals surface area (Å²) >= 11 is 6.34. The lowest BCUT2D eigenvalue weighted by molar-refractivity contribution is -0.00513. The van der Waals surface area contributed by atoms with E-state index >= 15 is 0 Å². The number of nitrogens with one attached hydrogen (secondary N) is 1. The molecule has 7 rings (SSSR count). The summed E-state index contributed by atoms with van der Waals surface area (Å²) in [6, 6.07) is 15.6. The predicted molar refractivity (Wildman–Crippen MR) is 131 cm³/mol. The second kappa shape index (κ2) is 7.67. The van der Waals surface area contributed by atoms with Gasteiger partial charge in [0.05, 0.1) is 0 Å². The molecule has 0 unspecified atom stereocenters. The fraction of sp³-hybridized carbons (Fsp3) is 0.500. The molecule has 0 aliphatic heterocycles. The number of H-pyrrole nitrogens is 1. The van der Waals surface area contributed by atoms with Crippen LogP contribution in [0, 0.1) is 17.8 Å². The van der Waals surface area contributed by atoms with E-state index in [1.807, 2.05) is 12.1 Å². The molecule has 3 heteroatoms. The summed E-state index contributed by atoms with van der Waals surface area (Å²) in [5.74, 6) is 2.91. The molecule has 0 saturated heterocycles. The fourth-order valence-corrected chi connectivity index (χ4v) is 7.83. The van der Waals surface area contributed by atoms with Crippen molar-refractivity contribution in [3.05, 3.63) is 58.6 Å². The molecule has 1 heterocycles. The number of unbranched alkanes of at least 4 members (excludes halogenated alkanes) is 1. The van der Waals surface area contributed by atoms with Crippen molar-refractivity contribution in [3.8, 4) is 11.3 Å². The van der Waals surface area contributed by atoms with Gasteiger partial charge in [-0.3, -0.25) is 0 Å². The van der Waals surface area contributed by atoms with Crippen molar-refractivity contribution in [1.29, 1.82) is 0 Å². The molecular formula is C28H33ClN2. The molecule has 3 N–H and O–H groups in total. The highest BCUT2D eigenvalue weighted by Gasteiger charge is 2.51. The van der Waals surface area contributed by atoms with E-state index in [0.717, 1.165) is 48.6 Å². The lowest BCUT2D eigenvalue weighted by Gasteiger charge is -2.57. The van der Waals surface area contributed by atoms with Crippen LogP contribution in [0.2, 0.25) is 5.02 Å². The smallest absolute Gasteiger partial charge is 0.0497 e. The largest absolute Gasteiger partial charge is 0.354 e. The van der Waals surface area contributed by atoms with Crippen molar-refractivity contribution in [1.82, 2.24) is 4.98 Å². The highest BCUT2D eigenvalue weighted by molar-refractivity contribution is 6.30. The first kappa shape index (κ1) is 19.9. The zero-order valence-electron chi connectivity index (χ0n) is 18.3. The molecule has 3 aromatic rings. The molecule has 0 radical (unpaired) electrons. The topological polar surface area (TPSA) is 41.8 Å². The Kier molecular flexibility index (Phi) is 4.92. The minimum atomic E-state index is 0.435. The molecule has 4 aliphatic carbocycles. The standard InChI is InChI=1S/C28H33ClN2/c29-23-5-3-4-21(13-23)27-24(6-1-2-9-30)25-14-22(7-8-26(25)31-27)28-15-18-10-19(16-28)12-20(11-18)17-28/h3-5,7-8,13-14,18-20,31H,1-2,6,9-12,15-17,30H2. The van der Waals surface area contributed by atoms with Crippen molar-refractivity contribution in [2.45, 2.75) is 63.2 Å². The number of fused-ring (bicyclic) bond motifs is 1. The molecule has 4 aliphatic rings. The van der Waals surface area contributed by atoms with E-state index in [1.54, 1.807) is 5.56 Å². The lowest BCUT2D eigenvalue weighted by atomic mass is 9.48. The lowest BCUT2D eigenvalue weighted by Crippen LogP contribution is -2.48. The first-order chi connectivity index (χ1) is 15.1. The normalized spacial score (nSPS) is 29.2. The predicted octanol–water partition coefficient (Wildman–Crippen LogP) is 7.24. The molecule has 0 amide bonds. The summed E-state index contributed by atoms with van der Waals surface area (Å²) in [5, 5.41) is 2.21. The van der Waals surface area contributed by atoms with Gasteiger partial charge in [0, 0.05) is 21.6 Å². The van der Waals surface area contributed by atoms with E-state index in [1.165, 1.54) is 66.2 Å². The van der Waals surface area contributed by atoms with Crippen LogP contribution < -0.4 is 5.73 Å². The number of rotatable bonds is 6. The number of hydrogen-bond acceptors (Lipinski definition) is 1. The SMILES string of the molecule is NCCCCc1c(-c2cccc(Cl)c2)[nH]c2ccc(C34CC5CC(CC(C5)C3)C4)cc12. The van der Waals surface area contributed by atoms with Gasteiger partial charge in [0.25, 0.3) is 0 Å². The van der Waals surface area contributed by atoms with Crippen molar-refractivity contribution < 1.29 is 0 Å². The average Bonchev–Trinajstić information content (AvgIpc) is 3.11. The third kappa shape index (κ3) is 3.43. The summed E-state index contributed by atoms with van der Waals surface area (Å²) in [6.45, 7) is 0.757. The Bertz CT molecular complexity index is 1080. The summed E-state index contributed by atoms with van der Waals surface area (Å²) in [5.41, 5.74) is 13.0. The molecule has 4 bridgehead atoms. The maximum absolute atomic E-state index is 6.34. The maximum atomic E-state index is 6.34. The van der Waals surface area contributed by atoms with Gasteiger partial charge in [-0.2, -0.15) is 0 Å². The van der Waals surface area contributed by atoms with Crippen LogP contribution >= 0.6 is 11.6 Å². The number of aryl methyl sites for hydroxylation is 1. The third-order valence-corrected chi connectivity index (χ3v) is 8.79. The van der Waals surface area contributed by atoms with Gasteiger partial charge in [-0.1, -0.05) is 29.8 Å². The Morgan fingerprint density at radius 3 is 2.35 bits per heavy atom. The van der Waals surface area contributed by atoms with Crippen molar-refractivity contribution in [3.63, 3.8) is 0 Å². The van der Waals surface area contributed by atoms with Crippen molar-refractivity contribution in [2.75, 3.05) is 6.54 Å². The van der Waals surface area contributed by atoms with Gasteiger partial charge >= 0.3 is 0 Å². The van der Waals surface area contributed by atoms with E-state index in [9.17, 15) is 0 Å². The van der Waals surface area contributed by atoms with E-state index in [2.05, 4.69) is 35.3 Å². The van der Waals surface area contributed by atoms with Gasteiger partial charge in [0.15, 0.2) is 0 Å². The number of aromatic amines is 1. The molecule has 4 saturated carbocycles. The highest BCUT2D eigenvalue weighted by atomic mass is 35.5. The molecule has 4 fully saturated rings. The van der Waals surface area contributed by atoms with Gasteiger partial charge in [0.2, 0.25) is 0 Å². The Morgan fingerprint density at radius 1 is 0.935 bits per heavy atom. The van der Waals surface area contributed by atoms with Gasteiger partial charge < -0.3 is 10.7 Å². The number of hydrogen-bond donors (Lipinski definition) is 2. The van der Waals surface area contributed by atoms with E-state index < -0.39 is 0 Å². The summed E-state index contributed by atoms with van der Waals surface area (Å²) in [4.78, 5) is 3.75. The van der Waals surface area contributed by atoms with Crippen LogP contribution in [0.25, 0.3) is 22.2 Å². The van der Waals surface area contributed by atoms with Crippen molar-refractivity contribution >= 4 is 22.5 Å². The average molecular weight is 433 g/mol. The first-order valence-electron chi connectivity index (χ1n) is 12.2. The van der Waals surface area contributed by atoms with Crippen LogP contribution in [0.1, 0.15) is 62.5 Å². The van der Waals surface area contributed by atoms with E-state index in [0.29, 0.717) is 5.41 Å². The molecule has 162 valence electrons. The van der Waals surface area contributed by atoms with Crippen LogP contribution in [0.3, 0.4) is 0 Å². The summed E-state index contributed by atoms with van der Waals surface area (Å²) < 4.78 is 0. The summed E-state index contributed by atoms with van der Waals surface area (Å²) in [6.07, 6.45) is 12.0. The maximum Gasteiger partial charge on any atom is 0.0497 e. The zero-order valence-corrected chi connectivity index (χ0v) is 19.1. The first-order valence-corrected chi connectivity index (χ1v) is 12.6. The quantitative estimate of drug-likeness (QED) is 0.396. The van der Waals surface area contributed by atoms with Crippen LogP contribution in [0.5, 0.6) is 0 Å². The van der Waals surface area contributed by atoms with Gasteiger partial charge in [-0.05, 0) is 128 Å². The molecule has 2 nitrogen and oxygen atoms in total. The van der Waals surface area contributed by atoms with E-state index in [4.69, 9.17) is 17.3 Å². The number of aromatic nitrogens is 1. The second-order valence-electron chi connectivity index (χ2n) is 10.7. The molecule has 0 atom stereocenters. The monoisotopic (exact) mass is 432 g/mol. The van der Waals surface area contributed by atoms with Gasteiger partial charge in [-0.25, -0.2) is 0 Å². The Morgan fingerprint density at radius 2 is 1.68 bits per heavy atom.